The van der Waals surface area contributed by atoms with Gasteiger partial charge in [-0.15, -0.1) is 0 Å². The van der Waals surface area contributed by atoms with E-state index in [2.05, 4.69) is 17.0 Å². The minimum absolute atomic E-state index is 0.0489. The van der Waals surface area contributed by atoms with Gasteiger partial charge >= 0.3 is 5.97 Å². The molecule has 0 bridgehead atoms. The Morgan fingerprint density at radius 1 is 1.12 bits per heavy atom. The van der Waals surface area contributed by atoms with E-state index in [1.54, 1.807) is 4.90 Å². The van der Waals surface area contributed by atoms with Crippen molar-refractivity contribution in [2.45, 2.75) is 65.2 Å². The number of unbranched alkanes of at least 4 members (excludes halogenated alkanes) is 1. The minimum atomic E-state index is -0.319. The van der Waals surface area contributed by atoms with E-state index in [0.717, 1.165) is 31.6 Å². The van der Waals surface area contributed by atoms with Crippen LogP contribution in [0.5, 0.6) is 0 Å². The molecule has 0 aromatic rings. The van der Waals surface area contributed by atoms with Gasteiger partial charge in [0.1, 0.15) is 0 Å². The summed E-state index contributed by atoms with van der Waals surface area (Å²) in [6.07, 6.45) is 8.05. The van der Waals surface area contributed by atoms with E-state index < -0.39 is 0 Å². The van der Waals surface area contributed by atoms with Crippen molar-refractivity contribution in [3.05, 3.63) is 0 Å². The molecule has 0 aromatic heterocycles. The molecular formula is C19H34N2O4. The zero-order valence-electron chi connectivity index (χ0n) is 16.0. The molecule has 1 aliphatic carbocycles. The maximum atomic E-state index is 12.9. The number of hydrogen-bond donors (Lipinski definition) is 1. The van der Waals surface area contributed by atoms with Crippen LogP contribution in [0.25, 0.3) is 0 Å². The predicted molar refractivity (Wildman–Crippen MR) is 96.9 cm³/mol. The van der Waals surface area contributed by atoms with E-state index in [0.29, 0.717) is 19.6 Å². The van der Waals surface area contributed by atoms with Crippen molar-refractivity contribution in [2.75, 3.05) is 26.7 Å². The van der Waals surface area contributed by atoms with Gasteiger partial charge in [-0.25, -0.2) is 0 Å². The second-order valence-corrected chi connectivity index (χ2v) is 6.99. The highest BCUT2D eigenvalue weighted by atomic mass is 16.5. The normalized spacial score (nSPS) is 20.0. The van der Waals surface area contributed by atoms with Crippen LogP contribution in [0.15, 0.2) is 0 Å². The number of rotatable bonds is 10. The van der Waals surface area contributed by atoms with Crippen LogP contribution in [0.3, 0.4) is 0 Å². The first kappa shape index (κ1) is 21.5. The Balaban J connectivity index is 2.52. The molecule has 1 fully saturated rings. The van der Waals surface area contributed by atoms with Crippen molar-refractivity contribution in [2.24, 2.45) is 11.8 Å². The molecule has 0 unspecified atom stereocenters. The zero-order valence-corrected chi connectivity index (χ0v) is 16.0. The minimum Gasteiger partial charge on any atom is -0.469 e. The average Bonchev–Trinajstić information content (AvgIpc) is 2.62. The maximum absolute atomic E-state index is 12.9. The summed E-state index contributed by atoms with van der Waals surface area (Å²) in [7, 11) is 1.35. The maximum Gasteiger partial charge on any atom is 0.307 e. The first-order valence-electron chi connectivity index (χ1n) is 9.57. The summed E-state index contributed by atoms with van der Waals surface area (Å²) in [6, 6.07) is 0. The fourth-order valence-electron chi connectivity index (χ4n) is 3.48. The SMILES string of the molecule is CCCCC1CCC(C(=O)N(CCNC(C)=O)CCC(=O)OC)CC1. The third-order valence-corrected chi connectivity index (χ3v) is 5.04. The van der Waals surface area contributed by atoms with Crippen molar-refractivity contribution >= 4 is 17.8 Å². The molecular weight excluding hydrogens is 320 g/mol. The molecule has 0 aromatic carbocycles. The molecule has 0 saturated heterocycles. The second kappa shape index (κ2) is 11.9. The van der Waals surface area contributed by atoms with Gasteiger partial charge in [0, 0.05) is 32.5 Å². The number of nitrogens with zero attached hydrogens (tertiary/aromatic N) is 1. The summed E-state index contributed by atoms with van der Waals surface area (Å²) in [5.41, 5.74) is 0. The molecule has 1 saturated carbocycles. The van der Waals surface area contributed by atoms with Crippen molar-refractivity contribution in [3.63, 3.8) is 0 Å². The van der Waals surface area contributed by atoms with Gasteiger partial charge in [0.2, 0.25) is 11.8 Å². The zero-order chi connectivity index (χ0) is 18.7. The number of hydrogen-bond acceptors (Lipinski definition) is 4. The van der Waals surface area contributed by atoms with Crippen LogP contribution in [-0.4, -0.2) is 49.4 Å². The molecule has 0 heterocycles. The lowest BCUT2D eigenvalue weighted by atomic mass is 9.79. The summed E-state index contributed by atoms with van der Waals surface area (Å²) < 4.78 is 4.67. The molecule has 0 atom stereocenters. The summed E-state index contributed by atoms with van der Waals surface area (Å²) in [5, 5.41) is 2.72. The monoisotopic (exact) mass is 354 g/mol. The Kier molecular flexibility index (Phi) is 10.2. The average molecular weight is 354 g/mol. The second-order valence-electron chi connectivity index (χ2n) is 6.99. The van der Waals surface area contributed by atoms with Crippen LogP contribution in [-0.2, 0) is 19.1 Å². The third-order valence-electron chi connectivity index (χ3n) is 5.04. The Bertz CT molecular complexity index is 431. The molecule has 0 radical (unpaired) electrons. The Morgan fingerprint density at radius 2 is 1.80 bits per heavy atom. The van der Waals surface area contributed by atoms with Gasteiger partial charge in [0.25, 0.3) is 0 Å². The lowest BCUT2D eigenvalue weighted by Crippen LogP contribution is -2.43. The topological polar surface area (TPSA) is 75.7 Å². The smallest absolute Gasteiger partial charge is 0.307 e. The van der Waals surface area contributed by atoms with Gasteiger partial charge in [-0.1, -0.05) is 26.2 Å². The molecule has 1 aliphatic rings. The third kappa shape index (κ3) is 8.36. The van der Waals surface area contributed by atoms with E-state index in [-0.39, 0.29) is 30.1 Å². The van der Waals surface area contributed by atoms with Gasteiger partial charge in [-0.3, -0.25) is 14.4 Å². The van der Waals surface area contributed by atoms with Gasteiger partial charge in [-0.2, -0.15) is 0 Å². The molecule has 144 valence electrons. The van der Waals surface area contributed by atoms with Crippen molar-refractivity contribution in [1.29, 1.82) is 0 Å². The number of carbonyl (C=O) groups is 3. The summed E-state index contributed by atoms with van der Waals surface area (Å²) >= 11 is 0. The predicted octanol–water partition coefficient (Wildman–Crippen LogP) is 2.51. The first-order valence-corrected chi connectivity index (χ1v) is 9.57. The van der Waals surface area contributed by atoms with Crippen LogP contribution in [0.2, 0.25) is 0 Å². The molecule has 0 aliphatic heterocycles. The highest BCUT2D eigenvalue weighted by Gasteiger charge is 2.29. The van der Waals surface area contributed by atoms with Gasteiger partial charge in [0.15, 0.2) is 0 Å². The van der Waals surface area contributed by atoms with E-state index in [1.165, 1.54) is 33.3 Å². The fraction of sp³-hybridized carbons (Fsp3) is 0.842. The van der Waals surface area contributed by atoms with E-state index in [1.807, 2.05) is 0 Å². The largest absolute Gasteiger partial charge is 0.469 e. The van der Waals surface area contributed by atoms with Gasteiger partial charge in [0.05, 0.1) is 13.5 Å². The van der Waals surface area contributed by atoms with E-state index in [4.69, 9.17) is 0 Å². The fourth-order valence-corrected chi connectivity index (χ4v) is 3.48. The van der Waals surface area contributed by atoms with Crippen molar-refractivity contribution in [3.8, 4) is 0 Å². The van der Waals surface area contributed by atoms with Crippen LogP contribution < -0.4 is 5.32 Å². The van der Waals surface area contributed by atoms with Crippen LogP contribution in [0.1, 0.15) is 65.2 Å². The first-order chi connectivity index (χ1) is 12.0. The van der Waals surface area contributed by atoms with Gasteiger partial charge in [-0.05, 0) is 31.6 Å². The summed E-state index contributed by atoms with van der Waals surface area (Å²) in [4.78, 5) is 37.0. The molecule has 25 heavy (non-hydrogen) atoms. The molecule has 1 rings (SSSR count). The number of ether oxygens (including phenoxy) is 1. The summed E-state index contributed by atoms with van der Waals surface area (Å²) in [6.45, 7) is 4.86. The van der Waals surface area contributed by atoms with Crippen molar-refractivity contribution in [1.82, 2.24) is 10.2 Å². The Hall–Kier alpha value is -1.59. The van der Waals surface area contributed by atoms with Crippen LogP contribution in [0.4, 0.5) is 0 Å². The Labute approximate surface area is 151 Å². The van der Waals surface area contributed by atoms with E-state index in [9.17, 15) is 14.4 Å². The molecule has 6 nitrogen and oxygen atoms in total. The van der Waals surface area contributed by atoms with E-state index >= 15 is 0 Å². The van der Waals surface area contributed by atoms with Gasteiger partial charge < -0.3 is 15.0 Å². The molecule has 6 heteroatoms. The number of amides is 2. The molecule has 1 N–H and O–H groups in total. The highest BCUT2D eigenvalue weighted by molar-refractivity contribution is 5.80. The summed E-state index contributed by atoms with van der Waals surface area (Å²) in [5.74, 6) is 0.486. The molecule has 2 amide bonds. The quantitative estimate of drug-likeness (QED) is 0.612. The number of methoxy groups -OCH3 is 1. The lowest BCUT2D eigenvalue weighted by Gasteiger charge is -2.32. The number of nitrogens with one attached hydrogen (secondary N) is 1. The van der Waals surface area contributed by atoms with Crippen LogP contribution in [0, 0.1) is 11.8 Å². The standard InChI is InChI=1S/C19H34N2O4/c1-4-5-6-16-7-9-17(10-8-16)19(24)21(13-11-18(23)25-3)14-12-20-15(2)22/h16-17H,4-14H2,1-3H3,(H,20,22). The number of carbonyl (C=O) groups excluding carboxylic acids is 3. The number of esters is 1. The highest BCUT2D eigenvalue weighted by Crippen LogP contribution is 2.32. The molecule has 0 spiro atoms. The van der Waals surface area contributed by atoms with Crippen LogP contribution >= 0.6 is 0 Å². The Morgan fingerprint density at radius 3 is 2.36 bits per heavy atom. The van der Waals surface area contributed by atoms with Crippen molar-refractivity contribution < 1.29 is 19.1 Å². The lowest BCUT2D eigenvalue weighted by molar-refractivity contribution is -0.143.